The monoisotopic (exact) mass is 223 g/mol. The Labute approximate surface area is 96.5 Å². The van der Waals surface area contributed by atoms with Gasteiger partial charge in [0.15, 0.2) is 5.82 Å². The molecule has 2 rings (SSSR count). The number of hydrogen-bond donors (Lipinski definition) is 2. The molecule has 0 saturated heterocycles. The van der Waals surface area contributed by atoms with Gasteiger partial charge in [0.1, 0.15) is 12.4 Å². The number of aliphatic hydroxyl groups is 1. The number of rotatable bonds is 3. The van der Waals surface area contributed by atoms with Crippen molar-refractivity contribution in [2.75, 3.05) is 0 Å². The molecule has 90 valence electrons. The molecule has 0 atom stereocenters. The van der Waals surface area contributed by atoms with Gasteiger partial charge in [0.2, 0.25) is 0 Å². The molecular weight excluding hydrogens is 202 g/mol. The Morgan fingerprint density at radius 3 is 2.50 bits per heavy atom. The predicted molar refractivity (Wildman–Crippen MR) is 61.8 cm³/mol. The fourth-order valence-corrected chi connectivity index (χ4v) is 2.61. The van der Waals surface area contributed by atoms with Gasteiger partial charge in [-0.25, -0.2) is 4.98 Å². The zero-order valence-corrected chi connectivity index (χ0v) is 10.1. The van der Waals surface area contributed by atoms with Crippen LogP contribution in [0.5, 0.6) is 0 Å². The summed E-state index contributed by atoms with van der Waals surface area (Å²) in [4.78, 5) is 4.31. The molecule has 0 unspecified atom stereocenters. The average Bonchev–Trinajstić information content (AvgIpc) is 2.77. The number of aromatic amines is 1. The van der Waals surface area contributed by atoms with E-state index >= 15 is 0 Å². The highest BCUT2D eigenvalue weighted by atomic mass is 16.3. The van der Waals surface area contributed by atoms with Crippen molar-refractivity contribution in [2.24, 2.45) is 11.8 Å². The third kappa shape index (κ3) is 2.43. The molecule has 2 N–H and O–H groups in total. The Morgan fingerprint density at radius 1 is 1.31 bits per heavy atom. The van der Waals surface area contributed by atoms with E-state index in [0.717, 1.165) is 17.7 Å². The summed E-state index contributed by atoms with van der Waals surface area (Å²) in [7, 11) is 0. The molecular formula is C12H21N3O. The Morgan fingerprint density at radius 2 is 2.00 bits per heavy atom. The van der Waals surface area contributed by atoms with Crippen LogP contribution in [0.15, 0.2) is 0 Å². The van der Waals surface area contributed by atoms with Crippen molar-refractivity contribution in [3.8, 4) is 0 Å². The zero-order valence-electron chi connectivity index (χ0n) is 10.1. The second-order valence-corrected chi connectivity index (χ2v) is 5.15. The average molecular weight is 223 g/mol. The lowest BCUT2D eigenvalue weighted by Gasteiger charge is -2.29. The molecule has 1 aliphatic rings. The Balaban J connectivity index is 1.93. The third-order valence-corrected chi connectivity index (χ3v) is 3.78. The van der Waals surface area contributed by atoms with Gasteiger partial charge in [0.25, 0.3) is 0 Å². The van der Waals surface area contributed by atoms with Crippen molar-refractivity contribution >= 4 is 0 Å². The van der Waals surface area contributed by atoms with Crippen LogP contribution < -0.4 is 0 Å². The molecule has 0 radical (unpaired) electrons. The Hall–Kier alpha value is -0.900. The summed E-state index contributed by atoms with van der Waals surface area (Å²) in [5.74, 6) is 3.63. The van der Waals surface area contributed by atoms with Crippen molar-refractivity contribution in [3.63, 3.8) is 0 Å². The van der Waals surface area contributed by atoms with Gasteiger partial charge < -0.3 is 5.11 Å². The minimum atomic E-state index is -0.0473. The second kappa shape index (κ2) is 4.95. The molecule has 1 aromatic rings. The van der Waals surface area contributed by atoms with Gasteiger partial charge in [-0.1, -0.05) is 13.8 Å². The quantitative estimate of drug-likeness (QED) is 0.826. The minimum Gasteiger partial charge on any atom is -0.388 e. The zero-order chi connectivity index (χ0) is 11.5. The summed E-state index contributed by atoms with van der Waals surface area (Å²) < 4.78 is 0. The first-order valence-corrected chi connectivity index (χ1v) is 6.22. The van der Waals surface area contributed by atoms with Crippen LogP contribution in [0.25, 0.3) is 0 Å². The standard InChI is InChI=1S/C12H21N3O/c1-8(2)9-3-5-10(6-4-9)12-13-11(7-16)14-15-12/h8-10,16H,3-7H2,1-2H3,(H,13,14,15). The summed E-state index contributed by atoms with van der Waals surface area (Å²) in [6, 6.07) is 0. The number of aliphatic hydroxyl groups excluding tert-OH is 1. The molecule has 16 heavy (non-hydrogen) atoms. The van der Waals surface area contributed by atoms with E-state index in [0.29, 0.717) is 11.7 Å². The smallest absolute Gasteiger partial charge is 0.153 e. The Bertz CT molecular complexity index is 327. The van der Waals surface area contributed by atoms with Gasteiger partial charge in [-0.3, -0.25) is 5.10 Å². The molecule has 0 bridgehead atoms. The highest BCUT2D eigenvalue weighted by molar-refractivity contribution is 4.99. The topological polar surface area (TPSA) is 61.8 Å². The summed E-state index contributed by atoms with van der Waals surface area (Å²) >= 11 is 0. The summed E-state index contributed by atoms with van der Waals surface area (Å²) in [5.41, 5.74) is 0. The first-order chi connectivity index (χ1) is 7.70. The molecule has 4 nitrogen and oxygen atoms in total. The number of nitrogens with one attached hydrogen (secondary N) is 1. The summed E-state index contributed by atoms with van der Waals surface area (Å²) in [5, 5.41) is 15.9. The summed E-state index contributed by atoms with van der Waals surface area (Å²) in [6.07, 6.45) is 4.94. The maximum Gasteiger partial charge on any atom is 0.153 e. The van der Waals surface area contributed by atoms with E-state index in [9.17, 15) is 0 Å². The number of aromatic nitrogens is 3. The maximum atomic E-state index is 8.93. The van der Waals surface area contributed by atoms with Crippen molar-refractivity contribution in [1.29, 1.82) is 0 Å². The molecule has 0 aromatic carbocycles. The third-order valence-electron chi connectivity index (χ3n) is 3.78. The van der Waals surface area contributed by atoms with Crippen LogP contribution in [-0.2, 0) is 6.61 Å². The predicted octanol–water partition coefficient (Wildman–Crippen LogP) is 2.23. The van der Waals surface area contributed by atoms with Gasteiger partial charge in [-0.2, -0.15) is 5.10 Å². The largest absolute Gasteiger partial charge is 0.388 e. The second-order valence-electron chi connectivity index (χ2n) is 5.15. The molecule has 0 amide bonds. The van der Waals surface area contributed by atoms with Crippen LogP contribution in [0.4, 0.5) is 0 Å². The van der Waals surface area contributed by atoms with E-state index in [1.54, 1.807) is 0 Å². The molecule has 1 saturated carbocycles. The van der Waals surface area contributed by atoms with Gasteiger partial charge in [-0.15, -0.1) is 0 Å². The van der Waals surface area contributed by atoms with Crippen LogP contribution >= 0.6 is 0 Å². The highest BCUT2D eigenvalue weighted by Gasteiger charge is 2.26. The SMILES string of the molecule is CC(C)C1CCC(c2n[nH]c(CO)n2)CC1. The van der Waals surface area contributed by atoms with Crippen LogP contribution in [0.2, 0.25) is 0 Å². The summed E-state index contributed by atoms with van der Waals surface area (Å²) in [6.45, 7) is 4.57. The van der Waals surface area contributed by atoms with Crippen molar-refractivity contribution in [2.45, 2.75) is 52.1 Å². The molecule has 1 fully saturated rings. The Kier molecular flexibility index (Phi) is 3.59. The first kappa shape index (κ1) is 11.6. The number of H-pyrrole nitrogens is 1. The van der Waals surface area contributed by atoms with Crippen molar-refractivity contribution in [3.05, 3.63) is 11.6 Å². The molecule has 4 heteroatoms. The lowest BCUT2D eigenvalue weighted by atomic mass is 9.77. The lowest BCUT2D eigenvalue weighted by Crippen LogP contribution is -2.18. The van der Waals surface area contributed by atoms with Crippen LogP contribution in [-0.4, -0.2) is 20.3 Å². The first-order valence-electron chi connectivity index (χ1n) is 6.22. The van der Waals surface area contributed by atoms with Crippen molar-refractivity contribution < 1.29 is 5.11 Å². The van der Waals surface area contributed by atoms with Crippen molar-refractivity contribution in [1.82, 2.24) is 15.2 Å². The molecule has 0 aliphatic heterocycles. The van der Waals surface area contributed by atoms with Crippen LogP contribution in [0.3, 0.4) is 0 Å². The lowest BCUT2D eigenvalue weighted by molar-refractivity contribution is 0.254. The molecule has 1 aromatic heterocycles. The maximum absolute atomic E-state index is 8.93. The van der Waals surface area contributed by atoms with E-state index in [-0.39, 0.29) is 6.61 Å². The fraction of sp³-hybridized carbons (Fsp3) is 0.833. The van der Waals surface area contributed by atoms with E-state index in [1.165, 1.54) is 25.7 Å². The van der Waals surface area contributed by atoms with E-state index in [4.69, 9.17) is 5.11 Å². The van der Waals surface area contributed by atoms with Gasteiger partial charge in [-0.05, 0) is 37.5 Å². The number of hydrogen-bond acceptors (Lipinski definition) is 3. The van der Waals surface area contributed by atoms with Crippen LogP contribution in [0.1, 0.15) is 57.1 Å². The van der Waals surface area contributed by atoms with Crippen LogP contribution in [0, 0.1) is 11.8 Å². The van der Waals surface area contributed by atoms with Gasteiger partial charge in [0, 0.05) is 5.92 Å². The van der Waals surface area contributed by atoms with Gasteiger partial charge in [0.05, 0.1) is 0 Å². The molecule has 1 aliphatic carbocycles. The highest BCUT2D eigenvalue weighted by Crippen LogP contribution is 2.37. The van der Waals surface area contributed by atoms with E-state index < -0.39 is 0 Å². The van der Waals surface area contributed by atoms with Gasteiger partial charge >= 0.3 is 0 Å². The van der Waals surface area contributed by atoms with E-state index in [2.05, 4.69) is 29.0 Å². The fourth-order valence-electron chi connectivity index (χ4n) is 2.61. The van der Waals surface area contributed by atoms with E-state index in [1.807, 2.05) is 0 Å². The normalized spacial score (nSPS) is 26.2. The number of nitrogens with zero attached hydrogens (tertiary/aromatic N) is 2. The molecule has 1 heterocycles. The minimum absolute atomic E-state index is 0.0473. The molecule has 0 spiro atoms.